The molecule has 0 saturated carbocycles. The summed E-state index contributed by atoms with van der Waals surface area (Å²) in [6.45, 7) is 5.45. The molecule has 0 radical (unpaired) electrons. The van der Waals surface area contributed by atoms with Gasteiger partial charge in [0.2, 0.25) is 5.88 Å². The van der Waals surface area contributed by atoms with Crippen molar-refractivity contribution in [3.05, 3.63) is 48.7 Å². The zero-order valence-electron chi connectivity index (χ0n) is 15.1. The number of hydrogen-bond acceptors (Lipinski definition) is 6. The highest BCUT2D eigenvalue weighted by Crippen LogP contribution is 2.45. The molecule has 0 aliphatic carbocycles. The van der Waals surface area contributed by atoms with E-state index in [1.165, 1.54) is 12.8 Å². The summed E-state index contributed by atoms with van der Waals surface area (Å²) in [5.41, 5.74) is 1.47. The second-order valence-electron chi connectivity index (χ2n) is 7.34. The van der Waals surface area contributed by atoms with E-state index in [2.05, 4.69) is 32.0 Å². The number of hydrogen-bond donors (Lipinski definition) is 0. The monoisotopic (exact) mass is 354 g/mol. The van der Waals surface area contributed by atoms with E-state index in [4.69, 9.17) is 9.47 Å². The molecule has 4 heterocycles. The van der Waals surface area contributed by atoms with Crippen LogP contribution in [0.2, 0.25) is 0 Å². The Morgan fingerprint density at radius 3 is 2.81 bits per heavy atom. The molecule has 2 fully saturated rings. The number of nitrogens with zero attached hydrogens (tertiary/aromatic N) is 4. The van der Waals surface area contributed by atoms with Crippen molar-refractivity contribution < 1.29 is 9.47 Å². The van der Waals surface area contributed by atoms with Crippen LogP contribution in [0.1, 0.15) is 25.0 Å². The molecular weight excluding hydrogens is 328 g/mol. The Balaban J connectivity index is 1.35. The van der Waals surface area contributed by atoms with Gasteiger partial charge in [0.25, 0.3) is 0 Å². The van der Waals surface area contributed by atoms with Crippen molar-refractivity contribution in [2.75, 3.05) is 32.9 Å². The minimum atomic E-state index is 0.321. The molecule has 0 amide bonds. The molecule has 2 aromatic rings. The largest absolute Gasteiger partial charge is 0.476 e. The summed E-state index contributed by atoms with van der Waals surface area (Å²) >= 11 is 0. The number of aromatic nitrogens is 3. The quantitative estimate of drug-likeness (QED) is 0.822. The summed E-state index contributed by atoms with van der Waals surface area (Å²) in [4.78, 5) is 15.3. The van der Waals surface area contributed by atoms with Crippen molar-refractivity contribution in [2.24, 2.45) is 11.3 Å². The fourth-order valence-electron chi connectivity index (χ4n) is 4.19. The van der Waals surface area contributed by atoms with E-state index in [0.717, 1.165) is 45.0 Å². The van der Waals surface area contributed by atoms with Gasteiger partial charge in [0.05, 0.1) is 25.1 Å². The summed E-state index contributed by atoms with van der Waals surface area (Å²) in [5.74, 6) is 1.01. The van der Waals surface area contributed by atoms with Crippen molar-refractivity contribution >= 4 is 0 Å². The number of rotatable bonds is 5. The van der Waals surface area contributed by atoms with Gasteiger partial charge in [-0.3, -0.25) is 14.9 Å². The highest BCUT2D eigenvalue weighted by atomic mass is 16.5. The van der Waals surface area contributed by atoms with E-state index in [-0.39, 0.29) is 0 Å². The van der Waals surface area contributed by atoms with Crippen molar-refractivity contribution in [2.45, 2.75) is 25.8 Å². The number of piperidine rings is 1. The molecular formula is C20H26N4O2. The maximum absolute atomic E-state index is 5.92. The van der Waals surface area contributed by atoms with Crippen LogP contribution in [0.15, 0.2) is 43.0 Å². The molecule has 0 N–H and O–H groups in total. The Hall–Kier alpha value is -2.05. The average Bonchev–Trinajstić information content (AvgIpc) is 2.71. The van der Waals surface area contributed by atoms with Crippen LogP contribution in [0.5, 0.6) is 5.88 Å². The van der Waals surface area contributed by atoms with Crippen LogP contribution in [0.3, 0.4) is 0 Å². The topological polar surface area (TPSA) is 60.4 Å². The zero-order valence-corrected chi connectivity index (χ0v) is 15.1. The lowest BCUT2D eigenvalue weighted by atomic mass is 9.66. The first-order valence-corrected chi connectivity index (χ1v) is 9.43. The van der Waals surface area contributed by atoms with Crippen LogP contribution in [0.25, 0.3) is 0 Å². The first kappa shape index (κ1) is 17.4. The smallest absolute Gasteiger partial charge is 0.232 e. The molecule has 2 aliphatic heterocycles. The Labute approximate surface area is 154 Å². The molecule has 1 spiro atoms. The highest BCUT2D eigenvalue weighted by molar-refractivity contribution is 5.05. The van der Waals surface area contributed by atoms with Crippen LogP contribution < -0.4 is 4.74 Å². The summed E-state index contributed by atoms with van der Waals surface area (Å²) in [7, 11) is 0. The molecule has 0 bridgehead atoms. The lowest BCUT2D eigenvalue weighted by molar-refractivity contribution is -0.0868. The second-order valence-corrected chi connectivity index (χ2v) is 7.34. The molecule has 2 saturated heterocycles. The maximum atomic E-state index is 5.92. The fraction of sp³-hybridized carbons (Fsp3) is 0.550. The molecule has 6 nitrogen and oxygen atoms in total. The van der Waals surface area contributed by atoms with E-state index in [1.54, 1.807) is 18.6 Å². The molecule has 2 aromatic heterocycles. The van der Waals surface area contributed by atoms with Crippen LogP contribution in [-0.4, -0.2) is 52.8 Å². The minimum absolute atomic E-state index is 0.321. The summed E-state index contributed by atoms with van der Waals surface area (Å²) in [5, 5.41) is 0. The van der Waals surface area contributed by atoms with E-state index in [1.807, 2.05) is 12.3 Å². The van der Waals surface area contributed by atoms with Crippen LogP contribution in [-0.2, 0) is 11.3 Å². The van der Waals surface area contributed by atoms with Gasteiger partial charge in [0.1, 0.15) is 0 Å². The minimum Gasteiger partial charge on any atom is -0.476 e. The third kappa shape index (κ3) is 4.02. The van der Waals surface area contributed by atoms with Crippen molar-refractivity contribution in [1.29, 1.82) is 0 Å². The third-order valence-electron chi connectivity index (χ3n) is 5.86. The lowest BCUT2D eigenvalue weighted by Gasteiger charge is -2.48. The van der Waals surface area contributed by atoms with Crippen LogP contribution >= 0.6 is 0 Å². The third-order valence-corrected chi connectivity index (χ3v) is 5.86. The summed E-state index contributed by atoms with van der Waals surface area (Å²) in [6.07, 6.45) is 10.4. The molecule has 0 unspecified atom stereocenters. The SMILES string of the molecule is c1ccc(CN2CCC3(CCOC[C@H]3COc3cnccn3)CC2)nc1. The lowest BCUT2D eigenvalue weighted by Crippen LogP contribution is -2.49. The first-order chi connectivity index (χ1) is 12.8. The van der Waals surface area contributed by atoms with E-state index in [0.29, 0.717) is 23.8 Å². The molecule has 2 aliphatic rings. The number of ether oxygens (including phenoxy) is 2. The van der Waals surface area contributed by atoms with Crippen molar-refractivity contribution in [1.82, 2.24) is 19.9 Å². The molecule has 1 atom stereocenters. The summed E-state index contributed by atoms with van der Waals surface area (Å²) in [6, 6.07) is 6.14. The molecule has 26 heavy (non-hydrogen) atoms. The van der Waals surface area contributed by atoms with Gasteiger partial charge in [-0.2, -0.15) is 0 Å². The molecule has 4 rings (SSSR count). The van der Waals surface area contributed by atoms with Gasteiger partial charge in [0.15, 0.2) is 0 Å². The normalized spacial score (nSPS) is 23.0. The molecule has 0 aromatic carbocycles. The number of likely N-dealkylation sites (tertiary alicyclic amines) is 1. The fourth-order valence-corrected chi connectivity index (χ4v) is 4.19. The zero-order chi connectivity index (χ0) is 17.7. The van der Waals surface area contributed by atoms with Crippen molar-refractivity contribution in [3.63, 3.8) is 0 Å². The van der Waals surface area contributed by atoms with Gasteiger partial charge in [0, 0.05) is 37.7 Å². The predicted octanol–water partition coefficient (Wildman–Crippen LogP) is 2.57. The highest BCUT2D eigenvalue weighted by Gasteiger charge is 2.43. The van der Waals surface area contributed by atoms with Gasteiger partial charge >= 0.3 is 0 Å². The van der Waals surface area contributed by atoms with Crippen LogP contribution in [0.4, 0.5) is 0 Å². The van der Waals surface area contributed by atoms with E-state index in [9.17, 15) is 0 Å². The van der Waals surface area contributed by atoms with Gasteiger partial charge < -0.3 is 9.47 Å². The molecule has 6 heteroatoms. The van der Waals surface area contributed by atoms with E-state index < -0.39 is 0 Å². The number of pyridine rings is 1. The summed E-state index contributed by atoms with van der Waals surface area (Å²) < 4.78 is 11.7. The molecule has 138 valence electrons. The Morgan fingerprint density at radius 1 is 1.12 bits per heavy atom. The second kappa shape index (κ2) is 8.10. The van der Waals surface area contributed by atoms with Gasteiger partial charge in [-0.25, -0.2) is 4.98 Å². The van der Waals surface area contributed by atoms with Gasteiger partial charge in [-0.1, -0.05) is 6.07 Å². The first-order valence-electron chi connectivity index (χ1n) is 9.43. The van der Waals surface area contributed by atoms with Crippen molar-refractivity contribution in [3.8, 4) is 5.88 Å². The van der Waals surface area contributed by atoms with Gasteiger partial charge in [-0.15, -0.1) is 0 Å². The maximum Gasteiger partial charge on any atom is 0.232 e. The Kier molecular flexibility index (Phi) is 5.41. The standard InChI is InChI=1S/C20H26N4O2/c1-2-7-22-18(3-1)14-24-10-4-20(5-11-24)6-12-25-15-17(20)16-26-19-13-21-8-9-23-19/h1-3,7-9,13,17H,4-6,10-12,14-16H2/t17-/m0/s1. The van der Waals surface area contributed by atoms with Gasteiger partial charge in [-0.05, 0) is 49.9 Å². The Bertz CT molecular complexity index is 675. The van der Waals surface area contributed by atoms with E-state index >= 15 is 0 Å². The average molecular weight is 354 g/mol. The predicted molar refractivity (Wildman–Crippen MR) is 97.6 cm³/mol. The van der Waals surface area contributed by atoms with Crippen LogP contribution in [0, 0.1) is 11.3 Å². The Morgan fingerprint density at radius 2 is 2.04 bits per heavy atom.